The number of anilines is 1. The van der Waals surface area contributed by atoms with Crippen molar-refractivity contribution < 1.29 is 4.74 Å². The third-order valence-corrected chi connectivity index (χ3v) is 5.35. The van der Waals surface area contributed by atoms with Gasteiger partial charge in [-0.25, -0.2) is 4.52 Å². The van der Waals surface area contributed by atoms with Gasteiger partial charge in [0.2, 0.25) is 5.88 Å². The van der Waals surface area contributed by atoms with E-state index in [-0.39, 0.29) is 0 Å². The van der Waals surface area contributed by atoms with Crippen molar-refractivity contribution in [1.29, 1.82) is 0 Å². The molecule has 6 heteroatoms. The minimum Gasteiger partial charge on any atom is -0.477 e. The maximum absolute atomic E-state index is 6.31. The molecule has 1 aromatic carbocycles. The van der Waals surface area contributed by atoms with Gasteiger partial charge in [0, 0.05) is 38.4 Å². The van der Waals surface area contributed by atoms with Gasteiger partial charge in [-0.2, -0.15) is 0 Å². The van der Waals surface area contributed by atoms with Gasteiger partial charge in [0.25, 0.3) is 0 Å². The number of halogens is 1. The van der Waals surface area contributed by atoms with Crippen molar-refractivity contribution in [3.8, 4) is 5.88 Å². The lowest BCUT2D eigenvalue weighted by molar-refractivity contribution is 0.236. The Labute approximate surface area is 165 Å². The molecule has 0 unspecified atom stereocenters. The fourth-order valence-corrected chi connectivity index (χ4v) is 3.78. The molecule has 0 amide bonds. The zero-order chi connectivity index (χ0) is 18.5. The number of rotatable bonds is 7. The van der Waals surface area contributed by atoms with Crippen molar-refractivity contribution in [2.45, 2.75) is 12.8 Å². The molecular weight excluding hydrogens is 360 g/mol. The molecule has 0 N–H and O–H groups in total. The summed E-state index contributed by atoms with van der Waals surface area (Å²) in [5.41, 5.74) is 2.21. The van der Waals surface area contributed by atoms with Crippen molar-refractivity contribution >= 4 is 22.8 Å². The molecule has 0 saturated carbocycles. The van der Waals surface area contributed by atoms with Crippen LogP contribution in [0.15, 0.2) is 54.7 Å². The van der Waals surface area contributed by atoms with Crippen LogP contribution in [0.4, 0.5) is 5.69 Å². The molecule has 1 aliphatic heterocycles. The summed E-state index contributed by atoms with van der Waals surface area (Å²) in [4.78, 5) is 4.91. The maximum atomic E-state index is 6.31. The fraction of sp³-hybridized carbons (Fsp3) is 0.381. The van der Waals surface area contributed by atoms with Gasteiger partial charge in [-0.3, -0.25) is 4.90 Å². The lowest BCUT2D eigenvalue weighted by atomic mass is 10.2. The lowest BCUT2D eigenvalue weighted by Gasteiger charge is -2.36. The van der Waals surface area contributed by atoms with Gasteiger partial charge in [-0.1, -0.05) is 29.8 Å². The second-order valence-corrected chi connectivity index (χ2v) is 7.30. The van der Waals surface area contributed by atoms with Gasteiger partial charge in [0.15, 0.2) is 0 Å². The Hall–Kier alpha value is -2.24. The van der Waals surface area contributed by atoms with E-state index in [1.165, 1.54) is 0 Å². The average molecular weight is 385 g/mol. The molecule has 27 heavy (non-hydrogen) atoms. The SMILES string of the molecule is Clc1ccccc1N1CCN(CCCCOc2cc3ccccn3n2)CC1. The van der Waals surface area contributed by atoms with Gasteiger partial charge in [-0.05, 0) is 43.7 Å². The number of nitrogens with zero attached hydrogens (tertiary/aromatic N) is 4. The van der Waals surface area contributed by atoms with E-state index in [2.05, 4.69) is 27.0 Å². The Morgan fingerprint density at radius 2 is 1.78 bits per heavy atom. The molecule has 0 bridgehead atoms. The number of benzene rings is 1. The second kappa shape index (κ2) is 8.63. The Morgan fingerprint density at radius 1 is 0.963 bits per heavy atom. The molecule has 0 aliphatic carbocycles. The number of aromatic nitrogens is 2. The molecule has 5 nitrogen and oxygen atoms in total. The first kappa shape index (κ1) is 18.1. The summed E-state index contributed by atoms with van der Waals surface area (Å²) in [7, 11) is 0. The number of hydrogen-bond donors (Lipinski definition) is 0. The molecule has 0 atom stereocenters. The van der Waals surface area contributed by atoms with Crippen LogP contribution in [0.3, 0.4) is 0 Å². The third-order valence-electron chi connectivity index (χ3n) is 5.03. The van der Waals surface area contributed by atoms with Crippen molar-refractivity contribution in [2.24, 2.45) is 0 Å². The highest BCUT2D eigenvalue weighted by Gasteiger charge is 2.18. The van der Waals surface area contributed by atoms with E-state index in [9.17, 15) is 0 Å². The van der Waals surface area contributed by atoms with Crippen LogP contribution < -0.4 is 9.64 Å². The summed E-state index contributed by atoms with van der Waals surface area (Å²) < 4.78 is 7.64. The summed E-state index contributed by atoms with van der Waals surface area (Å²) in [5, 5.41) is 5.25. The van der Waals surface area contributed by atoms with Crippen molar-refractivity contribution in [3.63, 3.8) is 0 Å². The van der Waals surface area contributed by atoms with Crippen LogP contribution in [0, 0.1) is 0 Å². The second-order valence-electron chi connectivity index (χ2n) is 6.89. The fourth-order valence-electron chi connectivity index (χ4n) is 3.52. The first-order valence-corrected chi connectivity index (χ1v) is 9.96. The minimum atomic E-state index is 0.703. The number of ether oxygens (including phenoxy) is 1. The van der Waals surface area contributed by atoms with E-state index in [0.717, 1.165) is 61.8 Å². The van der Waals surface area contributed by atoms with Crippen LogP contribution >= 0.6 is 11.6 Å². The molecule has 0 radical (unpaired) electrons. The average Bonchev–Trinajstić information content (AvgIpc) is 3.11. The van der Waals surface area contributed by atoms with E-state index in [4.69, 9.17) is 16.3 Å². The highest BCUT2D eigenvalue weighted by atomic mass is 35.5. The molecule has 142 valence electrons. The van der Waals surface area contributed by atoms with Crippen LogP contribution in [0.1, 0.15) is 12.8 Å². The highest BCUT2D eigenvalue weighted by molar-refractivity contribution is 6.33. The molecule has 3 heterocycles. The van der Waals surface area contributed by atoms with Crippen LogP contribution in [0.5, 0.6) is 5.88 Å². The largest absolute Gasteiger partial charge is 0.477 e. The first-order chi connectivity index (χ1) is 13.3. The zero-order valence-corrected chi connectivity index (χ0v) is 16.2. The van der Waals surface area contributed by atoms with Gasteiger partial charge in [-0.15, -0.1) is 5.10 Å². The van der Waals surface area contributed by atoms with E-state index in [1.54, 1.807) is 0 Å². The van der Waals surface area contributed by atoms with E-state index < -0.39 is 0 Å². The molecule has 2 aromatic heterocycles. The molecule has 3 aromatic rings. The van der Waals surface area contributed by atoms with Crippen LogP contribution in [-0.2, 0) is 0 Å². The Balaban J connectivity index is 1.15. The number of piperazine rings is 1. The van der Waals surface area contributed by atoms with E-state index in [1.807, 2.05) is 47.1 Å². The number of fused-ring (bicyclic) bond motifs is 1. The molecule has 4 rings (SSSR count). The minimum absolute atomic E-state index is 0.703. The standard InChI is InChI=1S/C21H25ClN4O/c22-19-8-1-2-9-20(19)25-14-12-24(13-15-25)10-5-6-16-27-21-17-18-7-3-4-11-26(18)23-21/h1-4,7-9,11,17H,5-6,10,12-16H2. The van der Waals surface area contributed by atoms with Crippen molar-refractivity contribution in [3.05, 3.63) is 59.8 Å². The lowest BCUT2D eigenvalue weighted by Crippen LogP contribution is -2.46. The molecule has 1 fully saturated rings. The summed E-state index contributed by atoms with van der Waals surface area (Å²) in [6.07, 6.45) is 4.11. The summed E-state index contributed by atoms with van der Waals surface area (Å²) in [6.45, 7) is 6.05. The Kier molecular flexibility index (Phi) is 5.80. The van der Waals surface area contributed by atoms with Gasteiger partial charge in [0.1, 0.15) is 0 Å². The first-order valence-electron chi connectivity index (χ1n) is 9.59. The quantitative estimate of drug-likeness (QED) is 0.577. The van der Waals surface area contributed by atoms with E-state index >= 15 is 0 Å². The monoisotopic (exact) mass is 384 g/mol. The summed E-state index contributed by atoms with van der Waals surface area (Å²) >= 11 is 6.31. The van der Waals surface area contributed by atoms with Crippen molar-refractivity contribution in [2.75, 3.05) is 44.2 Å². The van der Waals surface area contributed by atoms with Crippen molar-refractivity contribution in [1.82, 2.24) is 14.5 Å². The molecule has 1 aliphatic rings. The normalized spacial score (nSPS) is 15.4. The maximum Gasteiger partial charge on any atom is 0.233 e. The Bertz CT molecular complexity index is 840. The Morgan fingerprint density at radius 3 is 2.59 bits per heavy atom. The molecular formula is C21H25ClN4O. The van der Waals surface area contributed by atoms with Gasteiger partial charge < -0.3 is 9.64 Å². The van der Waals surface area contributed by atoms with Gasteiger partial charge in [0.05, 0.1) is 22.8 Å². The van der Waals surface area contributed by atoms with Gasteiger partial charge >= 0.3 is 0 Å². The topological polar surface area (TPSA) is 33.0 Å². The smallest absolute Gasteiger partial charge is 0.233 e. The summed E-state index contributed by atoms with van der Waals surface area (Å²) in [6, 6.07) is 16.1. The zero-order valence-electron chi connectivity index (χ0n) is 15.4. The third kappa shape index (κ3) is 4.54. The predicted octanol–water partition coefficient (Wildman–Crippen LogP) is 3.97. The molecule has 0 spiro atoms. The highest BCUT2D eigenvalue weighted by Crippen LogP contribution is 2.26. The number of unbranched alkanes of at least 4 members (excludes halogenated alkanes) is 1. The summed E-state index contributed by atoms with van der Waals surface area (Å²) in [5.74, 6) is 0.703. The van der Waals surface area contributed by atoms with E-state index in [0.29, 0.717) is 12.5 Å². The predicted molar refractivity (Wildman–Crippen MR) is 110 cm³/mol. The van der Waals surface area contributed by atoms with Crippen LogP contribution in [0.2, 0.25) is 5.02 Å². The van der Waals surface area contributed by atoms with Crippen LogP contribution in [-0.4, -0.2) is 53.8 Å². The molecule has 1 saturated heterocycles. The number of hydrogen-bond acceptors (Lipinski definition) is 4. The number of pyridine rings is 1. The van der Waals surface area contributed by atoms with Crippen LogP contribution in [0.25, 0.3) is 5.52 Å². The number of para-hydroxylation sites is 1.